The number of fused-ring (bicyclic) bond motifs is 1. The molecule has 2 unspecified atom stereocenters. The molecule has 2 amide bonds. The van der Waals surface area contributed by atoms with Gasteiger partial charge in [0.1, 0.15) is 36.3 Å². The number of carbonyl (C=O) groups excluding carboxylic acids is 3. The van der Waals surface area contributed by atoms with Crippen LogP contribution in [0.2, 0.25) is 0 Å². The van der Waals surface area contributed by atoms with Crippen molar-refractivity contribution in [3.05, 3.63) is 12.7 Å². The largest absolute Gasteiger partial charge is 1.00 e. The normalized spacial score (nSPS) is 20.8. The van der Waals surface area contributed by atoms with Crippen molar-refractivity contribution in [1.29, 1.82) is 0 Å². The van der Waals surface area contributed by atoms with E-state index in [-0.39, 0.29) is 69.3 Å². The maximum absolute atomic E-state index is 12.7. The zero-order valence-corrected chi connectivity index (χ0v) is 35.8. The number of unbranched alkanes of at least 4 members (excludes halogenated alkanes) is 4. The van der Waals surface area contributed by atoms with Gasteiger partial charge in [-0.05, 0) is 6.42 Å². The maximum Gasteiger partial charge on any atom is 1.00 e. The molecule has 2 aromatic heterocycles. The third kappa shape index (κ3) is 18.2. The Bertz CT molecular complexity index is 1830. The molecule has 2 aromatic rings. The summed E-state index contributed by atoms with van der Waals surface area (Å²) in [6.45, 7) is 2.67. The molecule has 24 nitrogen and oxygen atoms in total. The molecule has 29 heteroatoms. The zero-order valence-electron chi connectivity index (χ0n) is 33.3. The number of nitrogens with two attached hydrogens (primary N) is 1. The molecule has 0 bridgehead atoms. The number of ether oxygens (including phenoxy) is 1. The van der Waals surface area contributed by atoms with E-state index in [1.807, 2.05) is 0 Å². The minimum Gasteiger partial charge on any atom is -1.00 e. The Morgan fingerprint density at radius 2 is 1.68 bits per heavy atom. The van der Waals surface area contributed by atoms with Gasteiger partial charge in [0.2, 0.25) is 11.8 Å². The Morgan fingerprint density at radius 1 is 1.02 bits per heavy atom. The van der Waals surface area contributed by atoms with Crippen LogP contribution in [0.5, 0.6) is 0 Å². The summed E-state index contributed by atoms with van der Waals surface area (Å²) in [5.41, 5.74) is 4.27. The molecule has 7 atom stereocenters. The van der Waals surface area contributed by atoms with Crippen molar-refractivity contribution in [3.63, 3.8) is 0 Å². The van der Waals surface area contributed by atoms with E-state index in [1.54, 1.807) is 0 Å². The van der Waals surface area contributed by atoms with Crippen molar-refractivity contribution in [2.75, 3.05) is 37.8 Å². The molecule has 59 heavy (non-hydrogen) atoms. The van der Waals surface area contributed by atoms with Crippen LogP contribution in [0.25, 0.3) is 11.2 Å². The molecule has 1 saturated heterocycles. The van der Waals surface area contributed by atoms with Crippen molar-refractivity contribution < 1.29 is 101 Å². The van der Waals surface area contributed by atoms with Crippen LogP contribution in [0.4, 0.5) is 5.82 Å². The van der Waals surface area contributed by atoms with Gasteiger partial charge in [0, 0.05) is 37.1 Å². The Labute approximate surface area is 358 Å². The van der Waals surface area contributed by atoms with Crippen LogP contribution in [0.3, 0.4) is 0 Å². The van der Waals surface area contributed by atoms with E-state index in [9.17, 15) is 57.9 Å². The molecule has 1 fully saturated rings. The number of carbonyl (C=O) groups is 3. The summed E-state index contributed by atoms with van der Waals surface area (Å²) in [6, 6.07) is 0. The number of aliphatic hydroxyl groups excluding tert-OH is 2. The van der Waals surface area contributed by atoms with Crippen LogP contribution in [0.15, 0.2) is 12.7 Å². The van der Waals surface area contributed by atoms with Crippen LogP contribution in [0, 0.1) is 5.41 Å². The predicted molar refractivity (Wildman–Crippen MR) is 208 cm³/mol. The number of aromatic nitrogens is 4. The van der Waals surface area contributed by atoms with Crippen molar-refractivity contribution >= 4 is 69.1 Å². The van der Waals surface area contributed by atoms with E-state index >= 15 is 0 Å². The number of anilines is 1. The molecule has 0 radical (unpaired) electrons. The summed E-state index contributed by atoms with van der Waals surface area (Å²) in [5.74, 6) is -1.03. The average Bonchev–Trinajstić information content (AvgIpc) is 3.68. The van der Waals surface area contributed by atoms with Gasteiger partial charge in [-0.25, -0.2) is 28.6 Å². The molecule has 0 aliphatic carbocycles. The molecule has 3 rings (SSSR count). The number of aliphatic hydroxyl groups is 2. The number of nitrogen functional groups attached to an aromatic ring is 1. The van der Waals surface area contributed by atoms with E-state index in [4.69, 9.17) is 19.5 Å². The first-order valence-corrected chi connectivity index (χ1v) is 23.1. The van der Waals surface area contributed by atoms with Crippen LogP contribution in [0.1, 0.15) is 80.8 Å². The van der Waals surface area contributed by atoms with Gasteiger partial charge in [0.25, 0.3) is 0 Å². The Hall–Kier alpha value is -1.84. The molecule has 0 saturated carbocycles. The second-order valence-electron chi connectivity index (χ2n) is 13.5. The summed E-state index contributed by atoms with van der Waals surface area (Å²) < 4.78 is 62.1. The third-order valence-electron chi connectivity index (χ3n) is 8.25. The SMILES string of the molecule is C.CCCCCCCC(=O)SCCNC(=O)CCNC(=O)[C@H](O)C(C)(C)COP(=O)(O)OP(=O)(O)OC[C@H]1O[C@@H](n2cnc3c(N)ncnc32)[C@H](O)[C@@H]1OP(=O)(O)O.[H-].[Li+]. The topological polar surface area (TPSA) is 364 Å². The van der Waals surface area contributed by atoms with E-state index in [2.05, 4.69) is 41.3 Å². The van der Waals surface area contributed by atoms with E-state index in [0.29, 0.717) is 12.2 Å². The first-order valence-electron chi connectivity index (χ1n) is 17.6. The monoisotopic (exact) mass is 917 g/mol. The van der Waals surface area contributed by atoms with Gasteiger partial charge < -0.3 is 52.3 Å². The molecule has 10 N–H and O–H groups in total. The fraction of sp³-hybridized carbons (Fsp3) is 0.733. The van der Waals surface area contributed by atoms with Crippen LogP contribution in [-0.2, 0) is 50.7 Å². The molecule has 3 heterocycles. The van der Waals surface area contributed by atoms with E-state index < -0.39 is 84.6 Å². The van der Waals surface area contributed by atoms with Crippen LogP contribution in [-0.4, -0.2) is 123 Å². The fourth-order valence-electron chi connectivity index (χ4n) is 5.24. The van der Waals surface area contributed by atoms with Crippen molar-refractivity contribution in [2.45, 2.75) is 104 Å². The zero-order chi connectivity index (χ0) is 42.6. The number of phosphoric acid groups is 3. The van der Waals surface area contributed by atoms with E-state index in [0.717, 1.165) is 61.1 Å². The molecule has 334 valence electrons. The number of hydrogen-bond acceptors (Lipinski definition) is 18. The predicted octanol–water partition coefficient (Wildman–Crippen LogP) is -1.22. The molecule has 1 aliphatic rings. The van der Waals surface area contributed by atoms with Gasteiger partial charge in [0.15, 0.2) is 22.8 Å². The number of nitrogens with one attached hydrogen (secondary N) is 2. The maximum atomic E-state index is 12.7. The molecule has 0 aromatic carbocycles. The van der Waals surface area contributed by atoms with Gasteiger partial charge in [-0.3, -0.25) is 32.5 Å². The summed E-state index contributed by atoms with van der Waals surface area (Å²) >= 11 is 1.13. The Kier molecular flexibility index (Phi) is 23.1. The summed E-state index contributed by atoms with van der Waals surface area (Å²) in [6.07, 6.45) is -1.22. The number of thioether (sulfide) groups is 1. The van der Waals surface area contributed by atoms with Gasteiger partial charge in [0.05, 0.1) is 19.5 Å². The minimum atomic E-state index is -5.57. The molecular formula is C30H55LiN7O17P3S. The van der Waals surface area contributed by atoms with Crippen LogP contribution >= 0.6 is 35.2 Å². The standard InChI is InChI=1S/C29H50N7O17P3S.CH4.Li.H/c1-4-5-6-7-8-9-20(38)57-13-12-31-19(37)10-11-32-27(41)24(40)29(2,3)15-50-56(47,48)53-55(45,46)49-14-18-23(52-54(42,43)44)22(39)28(51-18)36-17-35-21-25(30)33-16-34-26(21)36;;;/h16-18,22-24,28,39-40H,4-15H2,1-3H3,(H,31,37)(H,32,41)(H,45,46)(H,47,48)(H2,30,33,34)(H2,42,43,44);1H4;;/q;;+1;-1/t18-,22-,23-,24+,28-;;;/m1.../s1. The Morgan fingerprint density at radius 3 is 2.34 bits per heavy atom. The average molecular weight is 918 g/mol. The van der Waals surface area contributed by atoms with Gasteiger partial charge >= 0.3 is 42.3 Å². The van der Waals surface area contributed by atoms with Gasteiger partial charge in [-0.1, -0.05) is 65.6 Å². The smallest absolute Gasteiger partial charge is 1.00 e. The molecule has 1 aliphatic heterocycles. The number of amides is 2. The van der Waals surface area contributed by atoms with Gasteiger partial charge in [-0.2, -0.15) is 4.31 Å². The van der Waals surface area contributed by atoms with Gasteiger partial charge in [-0.15, -0.1) is 0 Å². The first-order chi connectivity index (χ1) is 26.6. The second kappa shape index (κ2) is 24.7. The van der Waals surface area contributed by atoms with Crippen molar-refractivity contribution in [1.82, 2.24) is 30.2 Å². The number of hydrogen-bond donors (Lipinski definition) is 9. The van der Waals surface area contributed by atoms with Crippen LogP contribution < -0.4 is 35.2 Å². The summed E-state index contributed by atoms with van der Waals surface area (Å²) in [7, 11) is -16.4. The third-order valence-corrected chi connectivity index (χ3v) is 12.3. The van der Waals surface area contributed by atoms with E-state index in [1.165, 1.54) is 13.8 Å². The van der Waals surface area contributed by atoms with Crippen molar-refractivity contribution in [2.24, 2.45) is 5.41 Å². The molecular weight excluding hydrogens is 862 g/mol. The first kappa shape index (κ1) is 55.2. The summed E-state index contributed by atoms with van der Waals surface area (Å²) in [5, 5.41) is 26.5. The number of nitrogens with zero attached hydrogens (tertiary/aromatic N) is 4. The number of phosphoric ester groups is 3. The quantitative estimate of drug-likeness (QED) is 0.0320. The molecule has 0 spiro atoms. The fourth-order valence-corrected chi connectivity index (χ4v) is 8.79. The second-order valence-corrected chi connectivity index (χ2v) is 18.8. The number of rotatable bonds is 25. The number of imidazole rings is 1. The Balaban J connectivity index is 0.0000116. The minimum absolute atomic E-state index is 0. The summed E-state index contributed by atoms with van der Waals surface area (Å²) in [4.78, 5) is 87.6. The van der Waals surface area contributed by atoms with Crippen molar-refractivity contribution in [3.8, 4) is 0 Å².